The Morgan fingerprint density at radius 2 is 2.08 bits per heavy atom. The second-order valence-electron chi connectivity index (χ2n) is 5.94. The highest BCUT2D eigenvalue weighted by atomic mass is 35.5. The molecule has 2 amide bonds. The summed E-state index contributed by atoms with van der Waals surface area (Å²) < 4.78 is 11.3. The zero-order valence-corrected chi connectivity index (χ0v) is 14.3. The number of carbonyl (C=O) groups excluding carboxylic acids is 1. The van der Waals surface area contributed by atoms with Crippen molar-refractivity contribution in [2.24, 2.45) is 0 Å². The van der Waals surface area contributed by atoms with E-state index in [0.29, 0.717) is 17.3 Å². The van der Waals surface area contributed by atoms with E-state index in [1.54, 1.807) is 0 Å². The van der Waals surface area contributed by atoms with E-state index in [1.807, 2.05) is 43.3 Å². The summed E-state index contributed by atoms with van der Waals surface area (Å²) >= 11 is 5.88. The van der Waals surface area contributed by atoms with Gasteiger partial charge in [-0.3, -0.25) is 0 Å². The van der Waals surface area contributed by atoms with Gasteiger partial charge in [0.1, 0.15) is 11.5 Å². The van der Waals surface area contributed by atoms with Gasteiger partial charge in [0.05, 0.1) is 18.7 Å². The monoisotopic (exact) mass is 348 g/mol. The first-order valence-electron chi connectivity index (χ1n) is 8.12. The minimum Gasteiger partial charge on any atom is -0.459 e. The average molecular weight is 349 g/mol. The topological polar surface area (TPSA) is 63.5 Å². The Kier molecular flexibility index (Phi) is 5.43. The molecule has 2 N–H and O–H groups in total. The molecule has 2 atom stereocenters. The number of rotatable bonds is 5. The largest absolute Gasteiger partial charge is 0.459 e. The molecule has 2 heterocycles. The molecule has 0 radical (unpaired) electrons. The molecule has 2 aromatic rings. The number of halogens is 1. The highest BCUT2D eigenvalue weighted by molar-refractivity contribution is 6.30. The van der Waals surface area contributed by atoms with Crippen LogP contribution in [0.3, 0.4) is 0 Å². The molecule has 3 rings (SSSR count). The van der Waals surface area contributed by atoms with Crippen LogP contribution in [-0.2, 0) is 11.3 Å². The van der Waals surface area contributed by atoms with Crippen LogP contribution in [0.15, 0.2) is 40.8 Å². The lowest BCUT2D eigenvalue weighted by atomic mass is 10.1. The quantitative estimate of drug-likeness (QED) is 0.859. The van der Waals surface area contributed by atoms with Gasteiger partial charge in [0.25, 0.3) is 0 Å². The molecule has 128 valence electrons. The summed E-state index contributed by atoms with van der Waals surface area (Å²) in [4.78, 5) is 12.0. The van der Waals surface area contributed by atoms with Crippen LogP contribution < -0.4 is 10.6 Å². The van der Waals surface area contributed by atoms with Crippen molar-refractivity contribution in [2.45, 2.75) is 38.5 Å². The number of urea groups is 1. The molecular weight excluding hydrogens is 328 g/mol. The third-order valence-electron chi connectivity index (χ3n) is 4.09. The summed E-state index contributed by atoms with van der Waals surface area (Å²) in [5.41, 5.74) is 0.946. The van der Waals surface area contributed by atoms with Gasteiger partial charge in [-0.2, -0.15) is 0 Å². The lowest BCUT2D eigenvalue weighted by Gasteiger charge is -2.20. The van der Waals surface area contributed by atoms with E-state index in [0.717, 1.165) is 30.8 Å². The van der Waals surface area contributed by atoms with Crippen molar-refractivity contribution in [3.8, 4) is 11.3 Å². The summed E-state index contributed by atoms with van der Waals surface area (Å²) in [7, 11) is 0. The van der Waals surface area contributed by atoms with E-state index >= 15 is 0 Å². The smallest absolute Gasteiger partial charge is 0.315 e. The van der Waals surface area contributed by atoms with Crippen molar-refractivity contribution >= 4 is 17.6 Å². The van der Waals surface area contributed by atoms with Crippen molar-refractivity contribution in [1.82, 2.24) is 10.6 Å². The van der Waals surface area contributed by atoms with E-state index in [-0.39, 0.29) is 18.2 Å². The minimum absolute atomic E-state index is 0.00581. The fraction of sp³-hybridized carbons (Fsp3) is 0.389. The first kappa shape index (κ1) is 16.9. The van der Waals surface area contributed by atoms with Crippen molar-refractivity contribution in [3.63, 3.8) is 0 Å². The molecule has 5 nitrogen and oxygen atoms in total. The van der Waals surface area contributed by atoms with Crippen LogP contribution in [0.4, 0.5) is 4.79 Å². The molecule has 24 heavy (non-hydrogen) atoms. The molecule has 1 aromatic heterocycles. The number of hydrogen-bond acceptors (Lipinski definition) is 3. The number of nitrogens with one attached hydrogen (secondary N) is 2. The van der Waals surface area contributed by atoms with E-state index in [2.05, 4.69) is 10.6 Å². The second-order valence-corrected chi connectivity index (χ2v) is 6.38. The minimum atomic E-state index is -0.220. The number of furan rings is 1. The molecule has 6 heteroatoms. The number of ether oxygens (including phenoxy) is 1. The molecule has 0 aliphatic carbocycles. The third-order valence-corrected chi connectivity index (χ3v) is 4.35. The number of hydrogen-bond donors (Lipinski definition) is 2. The molecule has 0 spiro atoms. The Morgan fingerprint density at radius 1 is 1.29 bits per heavy atom. The molecule has 1 saturated heterocycles. The van der Waals surface area contributed by atoms with E-state index in [1.165, 1.54) is 0 Å². The van der Waals surface area contributed by atoms with Gasteiger partial charge in [-0.15, -0.1) is 0 Å². The Hall–Kier alpha value is -1.98. The molecule has 1 aromatic carbocycles. The molecule has 2 unspecified atom stereocenters. The maximum atomic E-state index is 12.0. The molecule has 0 bridgehead atoms. The molecule has 1 aliphatic rings. The van der Waals surface area contributed by atoms with Crippen LogP contribution in [0.25, 0.3) is 11.3 Å². The van der Waals surface area contributed by atoms with E-state index in [9.17, 15) is 4.79 Å². The Labute approximate surface area is 146 Å². The Bertz CT molecular complexity index is 678. The first-order valence-corrected chi connectivity index (χ1v) is 8.50. The van der Waals surface area contributed by atoms with Gasteiger partial charge in [0.15, 0.2) is 0 Å². The van der Waals surface area contributed by atoms with Crippen molar-refractivity contribution in [2.75, 3.05) is 6.61 Å². The average Bonchev–Trinajstić information content (AvgIpc) is 3.25. The third kappa shape index (κ3) is 4.30. The molecule has 0 saturated carbocycles. The molecule has 1 fully saturated rings. The van der Waals surface area contributed by atoms with Gasteiger partial charge in [0, 0.05) is 17.2 Å². The van der Waals surface area contributed by atoms with Gasteiger partial charge in [-0.1, -0.05) is 11.6 Å². The molecule has 1 aliphatic heterocycles. The Balaban J connectivity index is 1.49. The summed E-state index contributed by atoms with van der Waals surface area (Å²) in [6.07, 6.45) is 2.15. The van der Waals surface area contributed by atoms with Crippen molar-refractivity contribution in [3.05, 3.63) is 47.2 Å². The zero-order valence-electron chi connectivity index (χ0n) is 13.5. The van der Waals surface area contributed by atoms with Crippen LogP contribution in [0.5, 0.6) is 0 Å². The Morgan fingerprint density at radius 3 is 2.79 bits per heavy atom. The van der Waals surface area contributed by atoms with Crippen LogP contribution in [-0.4, -0.2) is 24.8 Å². The van der Waals surface area contributed by atoms with Gasteiger partial charge in [0.2, 0.25) is 0 Å². The lowest BCUT2D eigenvalue weighted by Crippen LogP contribution is -2.45. The van der Waals surface area contributed by atoms with Crippen LogP contribution in [0.2, 0.25) is 5.02 Å². The summed E-state index contributed by atoms with van der Waals surface area (Å²) in [6.45, 7) is 3.07. The van der Waals surface area contributed by atoms with Crippen LogP contribution in [0, 0.1) is 0 Å². The zero-order chi connectivity index (χ0) is 16.9. The maximum absolute atomic E-state index is 12.0. The number of amides is 2. The predicted molar refractivity (Wildman–Crippen MR) is 93.0 cm³/mol. The van der Waals surface area contributed by atoms with E-state index < -0.39 is 0 Å². The van der Waals surface area contributed by atoms with Gasteiger partial charge < -0.3 is 19.8 Å². The predicted octanol–water partition coefficient (Wildman–Crippen LogP) is 3.97. The van der Waals surface area contributed by atoms with Crippen LogP contribution >= 0.6 is 11.6 Å². The van der Waals surface area contributed by atoms with Gasteiger partial charge in [-0.05, 0) is 56.2 Å². The maximum Gasteiger partial charge on any atom is 0.315 e. The van der Waals surface area contributed by atoms with Crippen molar-refractivity contribution in [1.29, 1.82) is 0 Å². The highest BCUT2D eigenvalue weighted by Gasteiger charge is 2.23. The van der Waals surface area contributed by atoms with Gasteiger partial charge >= 0.3 is 6.03 Å². The molecular formula is C18H21ClN2O3. The first-order chi connectivity index (χ1) is 11.6. The van der Waals surface area contributed by atoms with Crippen molar-refractivity contribution < 1.29 is 13.9 Å². The fourth-order valence-corrected chi connectivity index (χ4v) is 2.88. The second kappa shape index (κ2) is 7.73. The fourth-order valence-electron chi connectivity index (χ4n) is 2.76. The number of benzene rings is 1. The summed E-state index contributed by atoms with van der Waals surface area (Å²) in [5, 5.41) is 6.40. The van der Waals surface area contributed by atoms with Gasteiger partial charge in [-0.25, -0.2) is 4.79 Å². The standard InChI is InChI=1S/C18H21ClN2O3/c1-12(16-3-2-10-23-16)21-18(22)20-11-15-8-9-17(24-15)13-4-6-14(19)7-5-13/h4-9,12,16H,2-3,10-11H2,1H3,(H2,20,21,22). The van der Waals surface area contributed by atoms with E-state index in [4.69, 9.17) is 20.8 Å². The summed E-state index contributed by atoms with van der Waals surface area (Å²) in [6, 6.07) is 10.9. The lowest BCUT2D eigenvalue weighted by molar-refractivity contribution is 0.0860. The van der Waals surface area contributed by atoms with Crippen LogP contribution in [0.1, 0.15) is 25.5 Å². The normalized spacial score (nSPS) is 18.3. The summed E-state index contributed by atoms with van der Waals surface area (Å²) in [5.74, 6) is 1.44. The number of carbonyl (C=O) groups is 1. The SMILES string of the molecule is CC(NC(=O)NCc1ccc(-c2ccc(Cl)cc2)o1)C1CCCO1. The highest BCUT2D eigenvalue weighted by Crippen LogP contribution is 2.23.